The molecule has 0 spiro atoms. The number of aromatic carboxylic acids is 1. The lowest BCUT2D eigenvalue weighted by Gasteiger charge is -2.50. The summed E-state index contributed by atoms with van der Waals surface area (Å²) < 4.78 is 19.4. The number of allylic oxidation sites excluding steroid dienone is 2. The van der Waals surface area contributed by atoms with E-state index in [1.54, 1.807) is 12.1 Å². The quantitative estimate of drug-likeness (QED) is 0.218. The summed E-state index contributed by atoms with van der Waals surface area (Å²) in [6.07, 6.45) is 1.42. The Hall–Kier alpha value is -4.74. The first-order valence-corrected chi connectivity index (χ1v) is 15.4. The van der Waals surface area contributed by atoms with Crippen LogP contribution in [0.15, 0.2) is 78.4 Å². The lowest BCUT2D eigenvalue weighted by molar-refractivity contribution is -0.125. The molecule has 10 nitrogen and oxygen atoms in total. The molecule has 0 aromatic heterocycles. The van der Waals surface area contributed by atoms with Crippen LogP contribution in [0.3, 0.4) is 0 Å². The summed E-state index contributed by atoms with van der Waals surface area (Å²) in [4.78, 5) is 65.8. The Morgan fingerprint density at radius 1 is 0.915 bits per heavy atom. The Kier molecular flexibility index (Phi) is 7.00. The van der Waals surface area contributed by atoms with Gasteiger partial charge in [-0.25, -0.2) is 14.1 Å². The predicted molar refractivity (Wildman–Crippen MR) is 167 cm³/mol. The van der Waals surface area contributed by atoms with E-state index in [1.165, 1.54) is 55.6 Å². The molecule has 6 atom stereocenters. The van der Waals surface area contributed by atoms with Crippen LogP contribution in [-0.2, 0) is 19.2 Å². The number of phenols is 1. The van der Waals surface area contributed by atoms with Crippen LogP contribution < -0.4 is 14.5 Å². The van der Waals surface area contributed by atoms with Gasteiger partial charge >= 0.3 is 5.97 Å². The van der Waals surface area contributed by atoms with E-state index in [1.807, 2.05) is 0 Å². The molecule has 240 valence electrons. The maximum Gasteiger partial charge on any atom is 0.335 e. The largest absolute Gasteiger partial charge is 0.508 e. The molecule has 2 aliphatic heterocycles. The minimum absolute atomic E-state index is 0.0188. The van der Waals surface area contributed by atoms with Gasteiger partial charge in [-0.1, -0.05) is 23.8 Å². The topological polar surface area (TPSA) is 142 Å². The number of imide groups is 2. The fourth-order valence-corrected chi connectivity index (χ4v) is 8.67. The molecule has 7 rings (SSSR count). The maximum absolute atomic E-state index is 14.5. The summed E-state index contributed by atoms with van der Waals surface area (Å²) in [5, 5.41) is 20.8. The van der Waals surface area contributed by atoms with Gasteiger partial charge in [0.1, 0.15) is 17.3 Å². The summed E-state index contributed by atoms with van der Waals surface area (Å²) in [5.41, 5.74) is 0.456. The van der Waals surface area contributed by atoms with Crippen LogP contribution in [-0.4, -0.2) is 56.7 Å². The van der Waals surface area contributed by atoms with Gasteiger partial charge in [-0.3, -0.25) is 24.1 Å². The smallest absolute Gasteiger partial charge is 0.335 e. The number of alkyl halides is 2. The van der Waals surface area contributed by atoms with Crippen LogP contribution in [0, 0.1) is 23.6 Å². The molecule has 2 heterocycles. The van der Waals surface area contributed by atoms with Crippen molar-refractivity contribution in [2.24, 2.45) is 17.8 Å². The number of amides is 4. The molecule has 4 amide bonds. The van der Waals surface area contributed by atoms with E-state index >= 15 is 0 Å². The molecule has 3 aromatic carbocycles. The Labute approximate surface area is 276 Å². The number of carboxylic acid groups (broad SMARTS) is 1. The minimum Gasteiger partial charge on any atom is -0.508 e. The van der Waals surface area contributed by atoms with E-state index in [-0.39, 0.29) is 46.8 Å². The zero-order valence-corrected chi connectivity index (χ0v) is 26.0. The molecule has 2 saturated heterocycles. The average molecular weight is 679 g/mol. The number of aromatic hydroxyl groups is 1. The monoisotopic (exact) mass is 678 g/mol. The lowest BCUT2D eigenvalue weighted by Crippen LogP contribution is -2.60. The van der Waals surface area contributed by atoms with Crippen molar-refractivity contribution in [1.82, 2.24) is 0 Å². The van der Waals surface area contributed by atoms with Crippen molar-refractivity contribution in [2.75, 3.05) is 16.9 Å². The first-order valence-electron chi connectivity index (χ1n) is 14.6. The van der Waals surface area contributed by atoms with E-state index in [2.05, 4.69) is 0 Å². The number of methoxy groups -OCH3 is 1. The second kappa shape index (κ2) is 10.6. The number of hydrogen-bond acceptors (Lipinski definition) is 7. The molecule has 4 aliphatic rings. The molecule has 13 heteroatoms. The van der Waals surface area contributed by atoms with Crippen molar-refractivity contribution < 1.29 is 43.3 Å². The number of phenolic OH excluding ortho intramolecular Hbond substituents is 1. The number of anilines is 2. The van der Waals surface area contributed by atoms with Gasteiger partial charge in [0.2, 0.25) is 11.8 Å². The summed E-state index contributed by atoms with van der Waals surface area (Å²) in [6.45, 7) is 0. The van der Waals surface area contributed by atoms with Gasteiger partial charge in [0, 0.05) is 11.5 Å². The Morgan fingerprint density at radius 2 is 1.62 bits per heavy atom. The van der Waals surface area contributed by atoms with Crippen LogP contribution in [0.4, 0.5) is 15.8 Å². The highest BCUT2D eigenvalue weighted by atomic mass is 35.5. The van der Waals surface area contributed by atoms with Gasteiger partial charge in [-0.15, -0.1) is 23.2 Å². The van der Waals surface area contributed by atoms with Crippen molar-refractivity contribution in [1.29, 1.82) is 0 Å². The number of nitrogens with zero attached hydrogens (tertiary/aromatic N) is 2. The van der Waals surface area contributed by atoms with E-state index < -0.39 is 68.8 Å². The van der Waals surface area contributed by atoms with Crippen LogP contribution in [0.1, 0.15) is 34.7 Å². The second-order valence-corrected chi connectivity index (χ2v) is 13.3. The van der Waals surface area contributed by atoms with Crippen molar-refractivity contribution in [3.05, 3.63) is 95.3 Å². The number of benzene rings is 3. The van der Waals surface area contributed by atoms with Gasteiger partial charge in [-0.2, -0.15) is 0 Å². The molecule has 0 radical (unpaired) electrons. The molecular weight excluding hydrogens is 654 g/mol. The zero-order valence-electron chi connectivity index (χ0n) is 24.5. The average Bonchev–Trinajstić information content (AvgIpc) is 3.39. The Balaban J connectivity index is 1.41. The molecule has 3 fully saturated rings. The maximum atomic E-state index is 14.5. The summed E-state index contributed by atoms with van der Waals surface area (Å²) in [5.74, 6) is -9.19. The molecule has 0 bridgehead atoms. The number of halogens is 3. The number of carbonyl (C=O) groups is 5. The van der Waals surface area contributed by atoms with Crippen molar-refractivity contribution in [3.63, 3.8) is 0 Å². The molecule has 0 unspecified atom stereocenters. The van der Waals surface area contributed by atoms with Gasteiger partial charge in [0.15, 0.2) is 9.75 Å². The molecule has 3 aromatic rings. The lowest BCUT2D eigenvalue weighted by atomic mass is 9.56. The number of hydrogen-bond donors (Lipinski definition) is 2. The fraction of sp³-hybridized carbons (Fsp3) is 0.265. The van der Waals surface area contributed by atoms with Crippen molar-refractivity contribution >= 4 is 64.2 Å². The predicted octanol–water partition coefficient (Wildman–Crippen LogP) is 5.01. The highest BCUT2D eigenvalue weighted by Gasteiger charge is 2.77. The van der Waals surface area contributed by atoms with E-state index in [0.717, 1.165) is 21.9 Å². The standard InChI is InChI=1S/C34H25Cl2FN2O8/c1-47-24-7-3-6-23(40)26(24)27-20-12-13-21-25(29(42)38(28(21)41)19-5-2-4-16(14-19)30(43)44)22(20)15-33(35)31(45)39(32(46)34(27,33)36)18-10-8-17(37)9-11-18/h2-12,14,21-22,25,27,40H,13,15H2,1H3,(H,43,44)/t21-,22+,25-,27+,33+,34-/m0/s1. The molecule has 47 heavy (non-hydrogen) atoms. The number of fused-ring (bicyclic) bond motifs is 4. The first-order chi connectivity index (χ1) is 22.3. The summed E-state index contributed by atoms with van der Waals surface area (Å²) in [7, 11) is 1.35. The van der Waals surface area contributed by atoms with E-state index in [9.17, 15) is 38.6 Å². The summed E-state index contributed by atoms with van der Waals surface area (Å²) in [6, 6.07) is 14.5. The second-order valence-electron chi connectivity index (χ2n) is 12.0. The molecule has 2 aliphatic carbocycles. The summed E-state index contributed by atoms with van der Waals surface area (Å²) >= 11 is 14.7. The third-order valence-corrected chi connectivity index (χ3v) is 11.2. The van der Waals surface area contributed by atoms with Crippen LogP contribution >= 0.6 is 23.2 Å². The third-order valence-electron chi connectivity index (χ3n) is 9.80. The highest BCUT2D eigenvalue weighted by Crippen LogP contribution is 2.67. The van der Waals surface area contributed by atoms with E-state index in [4.69, 9.17) is 27.9 Å². The number of carbonyl (C=O) groups excluding carboxylic acids is 4. The first kappa shape index (κ1) is 30.9. The van der Waals surface area contributed by atoms with Crippen molar-refractivity contribution in [2.45, 2.75) is 28.5 Å². The van der Waals surface area contributed by atoms with Gasteiger partial charge in [0.25, 0.3) is 11.8 Å². The van der Waals surface area contributed by atoms with Gasteiger partial charge < -0.3 is 14.9 Å². The zero-order chi connectivity index (χ0) is 33.6. The normalized spacial score (nSPS) is 29.7. The van der Waals surface area contributed by atoms with Crippen LogP contribution in [0.5, 0.6) is 11.5 Å². The molecule has 1 saturated carbocycles. The van der Waals surface area contributed by atoms with E-state index in [0.29, 0.717) is 5.57 Å². The van der Waals surface area contributed by atoms with Crippen molar-refractivity contribution in [3.8, 4) is 11.5 Å². The number of carboxylic acids is 1. The van der Waals surface area contributed by atoms with Gasteiger partial charge in [0.05, 0.1) is 35.9 Å². The third kappa shape index (κ3) is 4.12. The fourth-order valence-electron chi connectivity index (χ4n) is 7.75. The highest BCUT2D eigenvalue weighted by molar-refractivity contribution is 6.58. The van der Waals surface area contributed by atoms with Gasteiger partial charge in [-0.05, 0) is 73.4 Å². The van der Waals surface area contributed by atoms with Crippen LogP contribution in [0.25, 0.3) is 0 Å². The SMILES string of the molecule is COc1cccc(O)c1[C@H]1C2=CC[C@@H]3C(=O)N(c4cccc(C(=O)O)c4)C(=O)[C@@H]3[C@@H]2C[C@@]2(Cl)C(=O)N(c3ccc(F)cc3)C(=O)[C@@]12Cl. The number of rotatable bonds is 5. The van der Waals surface area contributed by atoms with Crippen LogP contribution in [0.2, 0.25) is 0 Å². The molecule has 2 N–H and O–H groups in total. The minimum atomic E-state index is -2.26. The Bertz CT molecular complexity index is 1950. The molecular formula is C34H25Cl2FN2O8. The number of ether oxygens (including phenoxy) is 1. The Morgan fingerprint density at radius 3 is 2.30 bits per heavy atom.